The van der Waals surface area contributed by atoms with Crippen molar-refractivity contribution in [2.75, 3.05) is 19.3 Å². The fourth-order valence-corrected chi connectivity index (χ4v) is 9.79. The summed E-state index contributed by atoms with van der Waals surface area (Å²) in [5.74, 6) is 2.03. The Balaban J connectivity index is 0.00000361. The molecule has 4 rings (SSSR count). The Morgan fingerprint density at radius 1 is 1.06 bits per heavy atom. The first kappa shape index (κ1) is 31.5. The number of carbonyl (C=O) groups is 1. The number of carbonyl (C=O) groups excluding carboxylic acids is 1. The summed E-state index contributed by atoms with van der Waals surface area (Å²) in [4.78, 5) is 13.9. The number of nitrogens with zero attached hydrogens (tertiary/aromatic N) is 1. The van der Waals surface area contributed by atoms with Crippen LogP contribution in [0.5, 0.6) is 0 Å². The number of aliphatic hydroxyl groups is 2. The van der Waals surface area contributed by atoms with Crippen molar-refractivity contribution in [3.05, 3.63) is 0 Å². The van der Waals surface area contributed by atoms with E-state index in [9.17, 15) is 28.0 Å². The van der Waals surface area contributed by atoms with Gasteiger partial charge in [0.25, 0.3) is 0 Å². The molecule has 0 spiro atoms. The van der Waals surface area contributed by atoms with E-state index in [1.807, 2.05) is 0 Å². The van der Waals surface area contributed by atoms with Crippen molar-refractivity contribution in [1.29, 1.82) is 0 Å². The molecule has 0 saturated heterocycles. The maximum Gasteiger partial charge on any atom is 1.00 e. The van der Waals surface area contributed by atoms with Gasteiger partial charge in [0.05, 0.1) is 28.1 Å². The van der Waals surface area contributed by atoms with Crippen molar-refractivity contribution in [2.24, 2.45) is 46.3 Å². The van der Waals surface area contributed by atoms with Gasteiger partial charge in [-0.05, 0) is 104 Å². The third-order valence-corrected chi connectivity index (χ3v) is 12.0. The molecule has 4 aliphatic carbocycles. The van der Waals surface area contributed by atoms with Crippen LogP contribution in [-0.2, 0) is 14.9 Å². The van der Waals surface area contributed by atoms with Crippen LogP contribution in [0.25, 0.3) is 0 Å². The number of amides is 1. The molecular formula is C27H46KNO6S. The minimum Gasteiger partial charge on any atom is -0.748 e. The summed E-state index contributed by atoms with van der Waals surface area (Å²) in [5.41, 5.74) is 0.396. The first-order chi connectivity index (χ1) is 16.3. The largest absolute Gasteiger partial charge is 1.00 e. The second-order valence-electron chi connectivity index (χ2n) is 13.0. The van der Waals surface area contributed by atoms with Crippen molar-refractivity contribution >= 4 is 16.0 Å². The van der Waals surface area contributed by atoms with Gasteiger partial charge in [-0.2, -0.15) is 0 Å². The molecule has 0 aliphatic heterocycles. The molecular weight excluding hydrogens is 505 g/mol. The SMILES string of the molecule is C[C@H](CCC(=O)N(C)CCS(=O)(=O)[O-])[C@H]1CCC2C3C(CC[C@@]21C)[C@@]1(C)CC[C@@H](O)CC1C[C@@H]3O.[K+]. The van der Waals surface area contributed by atoms with Crippen LogP contribution in [0.15, 0.2) is 0 Å². The minimum atomic E-state index is -4.32. The van der Waals surface area contributed by atoms with Gasteiger partial charge >= 0.3 is 51.4 Å². The molecule has 9 heteroatoms. The summed E-state index contributed by atoms with van der Waals surface area (Å²) in [7, 11) is -2.76. The molecule has 4 fully saturated rings. The summed E-state index contributed by atoms with van der Waals surface area (Å²) in [6.45, 7) is 7.06. The third kappa shape index (κ3) is 6.14. The fraction of sp³-hybridized carbons (Fsp3) is 0.963. The van der Waals surface area contributed by atoms with E-state index in [1.54, 1.807) is 7.05 Å². The molecule has 0 heterocycles. The molecule has 202 valence electrons. The summed E-state index contributed by atoms with van der Waals surface area (Å²) in [5, 5.41) is 21.7. The monoisotopic (exact) mass is 551 g/mol. The topological polar surface area (TPSA) is 118 Å². The Morgan fingerprint density at radius 2 is 1.69 bits per heavy atom. The summed E-state index contributed by atoms with van der Waals surface area (Å²) in [6.07, 6.45) is 8.83. The van der Waals surface area contributed by atoms with E-state index in [0.717, 1.165) is 51.4 Å². The molecule has 0 aromatic rings. The van der Waals surface area contributed by atoms with Crippen LogP contribution in [-0.4, -0.2) is 65.5 Å². The van der Waals surface area contributed by atoms with Crippen LogP contribution in [0, 0.1) is 46.3 Å². The molecule has 0 radical (unpaired) electrons. The van der Waals surface area contributed by atoms with E-state index in [0.29, 0.717) is 41.9 Å². The average Bonchev–Trinajstić information content (AvgIpc) is 3.13. The van der Waals surface area contributed by atoms with Gasteiger partial charge in [-0.25, -0.2) is 8.42 Å². The Morgan fingerprint density at radius 3 is 2.36 bits per heavy atom. The second-order valence-corrected chi connectivity index (χ2v) is 14.6. The first-order valence-corrected chi connectivity index (χ1v) is 15.4. The quantitative estimate of drug-likeness (QED) is 0.349. The molecule has 1 amide bonds. The normalized spacial score (nSPS) is 42.9. The van der Waals surface area contributed by atoms with Crippen LogP contribution in [0.3, 0.4) is 0 Å². The van der Waals surface area contributed by atoms with Gasteiger partial charge in [-0.1, -0.05) is 20.8 Å². The van der Waals surface area contributed by atoms with Gasteiger partial charge in [0, 0.05) is 20.0 Å². The van der Waals surface area contributed by atoms with E-state index in [-0.39, 0.29) is 86.9 Å². The van der Waals surface area contributed by atoms with Gasteiger partial charge in [-0.15, -0.1) is 0 Å². The van der Waals surface area contributed by atoms with Crippen LogP contribution >= 0.6 is 0 Å². The van der Waals surface area contributed by atoms with E-state index in [1.165, 1.54) is 11.3 Å². The van der Waals surface area contributed by atoms with Crippen molar-refractivity contribution < 1.29 is 79.4 Å². The fourth-order valence-electron chi connectivity index (χ4n) is 9.29. The molecule has 7 nitrogen and oxygen atoms in total. The van der Waals surface area contributed by atoms with E-state index in [2.05, 4.69) is 20.8 Å². The van der Waals surface area contributed by atoms with Crippen molar-refractivity contribution in [2.45, 2.75) is 97.2 Å². The number of fused-ring (bicyclic) bond motifs is 5. The zero-order valence-electron chi connectivity index (χ0n) is 23.0. The molecule has 0 aromatic carbocycles. The zero-order chi connectivity index (χ0) is 25.8. The Hall–Kier alpha value is 0.936. The predicted molar refractivity (Wildman–Crippen MR) is 133 cm³/mol. The zero-order valence-corrected chi connectivity index (χ0v) is 26.9. The van der Waals surface area contributed by atoms with E-state index >= 15 is 0 Å². The van der Waals surface area contributed by atoms with Gasteiger partial charge in [0.1, 0.15) is 0 Å². The third-order valence-electron chi connectivity index (χ3n) is 11.3. The molecule has 10 atom stereocenters. The van der Waals surface area contributed by atoms with Crippen molar-refractivity contribution in [1.82, 2.24) is 4.90 Å². The summed E-state index contributed by atoms with van der Waals surface area (Å²) in [6, 6.07) is 0. The van der Waals surface area contributed by atoms with E-state index in [4.69, 9.17) is 0 Å². The number of aliphatic hydroxyl groups excluding tert-OH is 2. The van der Waals surface area contributed by atoms with Crippen LogP contribution in [0.4, 0.5) is 0 Å². The van der Waals surface area contributed by atoms with Crippen LogP contribution in [0.1, 0.15) is 85.0 Å². The van der Waals surface area contributed by atoms with Gasteiger partial charge in [0.15, 0.2) is 0 Å². The standard InChI is InChI=1S/C27H47NO6S.K/c1-17(5-8-24(31)28(4)13-14-35(32,33)34)20-6-7-21-25-22(10-12-27(20,21)3)26(2)11-9-19(29)15-18(26)16-23(25)30;/h17-23,25,29-30H,5-16H2,1-4H3,(H,32,33,34);/q;+1/p-1/t17-,18?,19-,20-,21?,22?,23+,25?,26+,27-;/m1./s1. The summed E-state index contributed by atoms with van der Waals surface area (Å²) < 4.78 is 32.6. The van der Waals surface area contributed by atoms with Gasteiger partial charge < -0.3 is 19.7 Å². The van der Waals surface area contributed by atoms with Gasteiger partial charge in [0.2, 0.25) is 5.91 Å². The predicted octanol–water partition coefficient (Wildman–Crippen LogP) is 0.401. The van der Waals surface area contributed by atoms with Gasteiger partial charge in [-0.3, -0.25) is 4.79 Å². The van der Waals surface area contributed by atoms with Crippen LogP contribution in [0.2, 0.25) is 0 Å². The maximum atomic E-state index is 12.5. The number of hydrogen-bond acceptors (Lipinski definition) is 6. The Bertz CT molecular complexity index is 901. The molecule has 0 aromatic heterocycles. The minimum absolute atomic E-state index is 0. The van der Waals surface area contributed by atoms with E-state index < -0.39 is 15.9 Å². The van der Waals surface area contributed by atoms with Crippen LogP contribution < -0.4 is 51.4 Å². The Kier molecular flexibility index (Phi) is 10.3. The molecule has 4 unspecified atom stereocenters. The second kappa shape index (κ2) is 11.8. The Labute approximate surface area is 260 Å². The maximum absolute atomic E-state index is 12.5. The molecule has 2 N–H and O–H groups in total. The smallest absolute Gasteiger partial charge is 0.748 e. The summed E-state index contributed by atoms with van der Waals surface area (Å²) >= 11 is 0. The first-order valence-electron chi connectivity index (χ1n) is 13.8. The molecule has 0 bridgehead atoms. The van der Waals surface area contributed by atoms with Crippen molar-refractivity contribution in [3.8, 4) is 0 Å². The number of hydrogen-bond donors (Lipinski definition) is 2. The average molecular weight is 552 g/mol. The molecule has 4 saturated carbocycles. The molecule has 36 heavy (non-hydrogen) atoms. The molecule has 4 aliphatic rings. The number of rotatable bonds is 7. The van der Waals surface area contributed by atoms with Crippen molar-refractivity contribution in [3.63, 3.8) is 0 Å².